The molecule has 1 aromatic heterocycles. The summed E-state index contributed by atoms with van der Waals surface area (Å²) in [7, 11) is -3.47. The van der Waals surface area contributed by atoms with Crippen LogP contribution < -0.4 is 4.72 Å². The Morgan fingerprint density at radius 2 is 1.90 bits per heavy atom. The van der Waals surface area contributed by atoms with Gasteiger partial charge in [-0.15, -0.1) is 0 Å². The zero-order valence-corrected chi connectivity index (χ0v) is 17.7. The van der Waals surface area contributed by atoms with E-state index >= 15 is 0 Å². The molecule has 29 heavy (non-hydrogen) atoms. The molecule has 2 N–H and O–H groups in total. The number of hydrogen-bond acceptors (Lipinski definition) is 3. The number of halogens is 1. The highest BCUT2D eigenvalue weighted by Crippen LogP contribution is 2.34. The van der Waals surface area contributed by atoms with Crippen LogP contribution in [-0.2, 0) is 14.8 Å². The summed E-state index contributed by atoms with van der Waals surface area (Å²) in [5.74, 6) is -0.210. The predicted octanol–water partition coefficient (Wildman–Crippen LogP) is 4.44. The maximum Gasteiger partial charge on any atom is 0.214 e. The van der Waals surface area contributed by atoms with Crippen molar-refractivity contribution < 1.29 is 13.2 Å². The first-order chi connectivity index (χ1) is 14.0. The summed E-state index contributed by atoms with van der Waals surface area (Å²) in [4.78, 5) is 3.28. The van der Waals surface area contributed by atoms with Crippen LogP contribution in [0.1, 0.15) is 36.3 Å². The number of aromatic amines is 1. The van der Waals surface area contributed by atoms with Gasteiger partial charge in [0.2, 0.25) is 10.0 Å². The number of ether oxygens (including phenoxy) is 1. The highest BCUT2D eigenvalue weighted by molar-refractivity contribution is 7.89. The Bertz CT molecular complexity index is 1070. The molecule has 0 amide bonds. The molecule has 5 nitrogen and oxygen atoms in total. The molecule has 0 saturated carbocycles. The van der Waals surface area contributed by atoms with Gasteiger partial charge in [-0.05, 0) is 42.5 Å². The van der Waals surface area contributed by atoms with Gasteiger partial charge in [-0.25, -0.2) is 13.1 Å². The number of aromatic nitrogens is 1. The average molecular weight is 433 g/mol. The van der Waals surface area contributed by atoms with E-state index in [0.29, 0.717) is 11.6 Å². The van der Waals surface area contributed by atoms with Crippen molar-refractivity contribution in [3.05, 3.63) is 70.9 Å². The Morgan fingerprint density at radius 1 is 1.10 bits per heavy atom. The Hall–Kier alpha value is -1.86. The summed E-state index contributed by atoms with van der Waals surface area (Å²) >= 11 is 6.49. The Morgan fingerprint density at radius 3 is 2.69 bits per heavy atom. The van der Waals surface area contributed by atoms with Gasteiger partial charge in [0.15, 0.2) is 0 Å². The van der Waals surface area contributed by atoms with Gasteiger partial charge in [0.25, 0.3) is 0 Å². The molecule has 2 aromatic carbocycles. The van der Waals surface area contributed by atoms with Crippen LogP contribution in [0.15, 0.2) is 54.7 Å². The number of hydrogen-bond donors (Lipinski definition) is 2. The largest absolute Gasteiger partial charge is 0.377 e. The predicted molar refractivity (Wildman–Crippen MR) is 117 cm³/mol. The lowest BCUT2D eigenvalue weighted by atomic mass is 9.91. The van der Waals surface area contributed by atoms with E-state index in [4.69, 9.17) is 16.3 Å². The lowest BCUT2D eigenvalue weighted by molar-refractivity contribution is 0.0304. The fraction of sp³-hybridized carbons (Fsp3) is 0.364. The van der Waals surface area contributed by atoms with Crippen molar-refractivity contribution in [1.82, 2.24) is 9.71 Å². The summed E-state index contributed by atoms with van der Waals surface area (Å²) in [5.41, 5.74) is 2.93. The number of rotatable bonds is 7. The molecule has 2 unspecified atom stereocenters. The SMILES string of the molecule is O=S(=O)(CC1CCCCO1)NCC(c1ccccc1Cl)c1c[nH]c2ccccc12. The molecule has 1 fully saturated rings. The molecule has 2 atom stereocenters. The van der Waals surface area contributed by atoms with Crippen molar-refractivity contribution in [1.29, 1.82) is 0 Å². The fourth-order valence-electron chi connectivity index (χ4n) is 3.98. The van der Waals surface area contributed by atoms with E-state index < -0.39 is 10.0 Å². The molecule has 154 valence electrons. The molecular weight excluding hydrogens is 408 g/mol. The van der Waals surface area contributed by atoms with Gasteiger partial charge in [0, 0.05) is 41.2 Å². The van der Waals surface area contributed by atoms with Gasteiger partial charge < -0.3 is 9.72 Å². The van der Waals surface area contributed by atoms with E-state index in [9.17, 15) is 8.42 Å². The normalized spacial score (nSPS) is 18.7. The second-order valence-electron chi connectivity index (χ2n) is 7.48. The van der Waals surface area contributed by atoms with Gasteiger partial charge in [-0.2, -0.15) is 0 Å². The first kappa shape index (κ1) is 20.4. The Labute approximate surface area is 176 Å². The standard InChI is InChI=1S/C22H25ClN2O3S/c23-21-10-3-1-8-17(21)20(19-13-24-22-11-4-2-9-18(19)22)14-25-29(26,27)15-16-7-5-6-12-28-16/h1-4,8-11,13,16,20,24-25H,5-7,12,14-15H2. The molecule has 3 aromatic rings. The van der Waals surface area contributed by atoms with E-state index in [1.165, 1.54) is 0 Å². The second-order valence-corrected chi connectivity index (χ2v) is 9.74. The van der Waals surface area contributed by atoms with Gasteiger partial charge in [-0.1, -0.05) is 48.0 Å². The van der Waals surface area contributed by atoms with E-state index in [1.807, 2.05) is 54.7 Å². The lowest BCUT2D eigenvalue weighted by Crippen LogP contribution is -2.37. The first-order valence-electron chi connectivity index (χ1n) is 9.93. The summed E-state index contributed by atoms with van der Waals surface area (Å²) in [6, 6.07) is 15.6. The van der Waals surface area contributed by atoms with Crippen molar-refractivity contribution >= 4 is 32.5 Å². The van der Waals surface area contributed by atoms with E-state index in [0.717, 1.165) is 41.3 Å². The minimum atomic E-state index is -3.47. The third-order valence-corrected chi connectivity index (χ3v) is 7.23. The summed E-state index contributed by atoms with van der Waals surface area (Å²) in [5, 5.41) is 1.69. The number of sulfonamides is 1. The highest BCUT2D eigenvalue weighted by atomic mass is 35.5. The lowest BCUT2D eigenvalue weighted by Gasteiger charge is -2.24. The number of fused-ring (bicyclic) bond motifs is 1. The maximum atomic E-state index is 12.7. The molecule has 0 radical (unpaired) electrons. The smallest absolute Gasteiger partial charge is 0.214 e. The topological polar surface area (TPSA) is 71.2 Å². The van der Waals surface area contributed by atoms with Crippen LogP contribution in [0.4, 0.5) is 0 Å². The minimum absolute atomic E-state index is 0.00384. The van der Waals surface area contributed by atoms with Crippen molar-refractivity contribution in [3.63, 3.8) is 0 Å². The molecule has 1 aliphatic heterocycles. The van der Waals surface area contributed by atoms with Crippen molar-refractivity contribution in [2.24, 2.45) is 0 Å². The summed E-state index contributed by atoms with van der Waals surface area (Å²) in [6.45, 7) is 0.873. The average Bonchev–Trinajstić information content (AvgIpc) is 3.14. The summed E-state index contributed by atoms with van der Waals surface area (Å²) < 4.78 is 33.9. The van der Waals surface area contributed by atoms with Crippen molar-refractivity contribution in [3.8, 4) is 0 Å². The van der Waals surface area contributed by atoms with Crippen LogP contribution >= 0.6 is 11.6 Å². The monoisotopic (exact) mass is 432 g/mol. The van der Waals surface area contributed by atoms with Crippen LogP contribution in [0.2, 0.25) is 5.02 Å². The van der Waals surface area contributed by atoms with E-state index in [-0.39, 0.29) is 24.3 Å². The van der Waals surface area contributed by atoms with Crippen LogP contribution in [0.3, 0.4) is 0 Å². The first-order valence-corrected chi connectivity index (χ1v) is 12.0. The Kier molecular flexibility index (Phi) is 6.25. The number of nitrogens with one attached hydrogen (secondary N) is 2. The molecule has 1 aliphatic rings. The van der Waals surface area contributed by atoms with Gasteiger partial charge in [0.05, 0.1) is 11.9 Å². The molecule has 1 saturated heterocycles. The molecule has 0 aliphatic carbocycles. The van der Waals surface area contributed by atoms with E-state index in [2.05, 4.69) is 9.71 Å². The molecule has 4 rings (SSSR count). The molecular formula is C22H25ClN2O3S. The molecule has 0 bridgehead atoms. The quantitative estimate of drug-likeness (QED) is 0.579. The number of H-pyrrole nitrogens is 1. The number of benzene rings is 2. The van der Waals surface area contributed by atoms with Crippen LogP contribution in [0, 0.1) is 0 Å². The maximum absolute atomic E-state index is 12.7. The van der Waals surface area contributed by atoms with Crippen LogP contribution in [-0.4, -0.2) is 38.4 Å². The second kappa shape index (κ2) is 8.88. The number of para-hydroxylation sites is 1. The molecule has 0 spiro atoms. The zero-order valence-electron chi connectivity index (χ0n) is 16.1. The van der Waals surface area contributed by atoms with Gasteiger partial charge in [0.1, 0.15) is 0 Å². The van der Waals surface area contributed by atoms with Crippen molar-refractivity contribution in [2.45, 2.75) is 31.3 Å². The molecule has 7 heteroatoms. The molecule has 2 heterocycles. The third-order valence-electron chi connectivity index (χ3n) is 5.46. The van der Waals surface area contributed by atoms with Gasteiger partial charge >= 0.3 is 0 Å². The fourth-order valence-corrected chi connectivity index (χ4v) is 5.54. The minimum Gasteiger partial charge on any atom is -0.377 e. The van der Waals surface area contributed by atoms with Crippen LogP contribution in [0.25, 0.3) is 10.9 Å². The Balaban J connectivity index is 1.60. The summed E-state index contributed by atoms with van der Waals surface area (Å²) in [6.07, 6.45) is 4.51. The highest BCUT2D eigenvalue weighted by Gasteiger charge is 2.25. The van der Waals surface area contributed by atoms with Crippen LogP contribution in [0.5, 0.6) is 0 Å². The third kappa shape index (κ3) is 4.83. The van der Waals surface area contributed by atoms with E-state index in [1.54, 1.807) is 0 Å². The van der Waals surface area contributed by atoms with Gasteiger partial charge in [-0.3, -0.25) is 0 Å². The van der Waals surface area contributed by atoms with Crippen molar-refractivity contribution in [2.75, 3.05) is 18.9 Å². The zero-order chi connectivity index (χ0) is 20.3.